The van der Waals surface area contributed by atoms with Crippen molar-refractivity contribution in [1.82, 2.24) is 15.5 Å². The van der Waals surface area contributed by atoms with Crippen LogP contribution < -0.4 is 15.5 Å². The topological polar surface area (TPSA) is 64.7 Å². The molecule has 6 heteroatoms. The molecule has 6 nitrogen and oxygen atoms in total. The molecule has 2 N–H and O–H groups in total. The predicted molar refractivity (Wildman–Crippen MR) is 116 cm³/mol. The summed E-state index contributed by atoms with van der Waals surface area (Å²) in [6.07, 6.45) is 1.24. The van der Waals surface area contributed by atoms with Gasteiger partial charge in [-0.3, -0.25) is 14.5 Å². The van der Waals surface area contributed by atoms with Crippen molar-refractivity contribution in [1.29, 1.82) is 0 Å². The number of piperazine rings is 1. The fourth-order valence-electron chi connectivity index (χ4n) is 3.47. The molecule has 0 unspecified atom stereocenters. The molecule has 1 heterocycles. The molecule has 1 aliphatic rings. The summed E-state index contributed by atoms with van der Waals surface area (Å²) in [5.41, 5.74) is 1.90. The average molecular weight is 395 g/mol. The van der Waals surface area contributed by atoms with Crippen LogP contribution in [0, 0.1) is 0 Å². The van der Waals surface area contributed by atoms with E-state index in [2.05, 4.69) is 44.7 Å². The van der Waals surface area contributed by atoms with Crippen LogP contribution in [0.15, 0.2) is 60.7 Å². The quantitative estimate of drug-likeness (QED) is 0.640. The van der Waals surface area contributed by atoms with Gasteiger partial charge in [0.1, 0.15) is 0 Å². The van der Waals surface area contributed by atoms with Crippen LogP contribution in [0.4, 0.5) is 5.69 Å². The molecule has 0 aliphatic carbocycles. The second-order valence-corrected chi connectivity index (χ2v) is 7.24. The molecule has 2 amide bonds. The van der Waals surface area contributed by atoms with Gasteiger partial charge in [-0.2, -0.15) is 0 Å². The Bertz CT molecular complexity index is 759. The highest BCUT2D eigenvalue weighted by atomic mass is 16.2. The Morgan fingerprint density at radius 2 is 1.45 bits per heavy atom. The number of carbonyl (C=O) groups excluding carboxylic acids is 2. The fraction of sp³-hybridized carbons (Fsp3) is 0.391. The Morgan fingerprint density at radius 3 is 2.14 bits per heavy atom. The van der Waals surface area contributed by atoms with Gasteiger partial charge in [0, 0.05) is 56.9 Å². The first-order chi connectivity index (χ1) is 14.2. The second kappa shape index (κ2) is 11.2. The van der Waals surface area contributed by atoms with Crippen molar-refractivity contribution in [2.45, 2.75) is 12.8 Å². The van der Waals surface area contributed by atoms with Gasteiger partial charge in [0.15, 0.2) is 0 Å². The lowest BCUT2D eigenvalue weighted by Gasteiger charge is -2.36. The van der Waals surface area contributed by atoms with Gasteiger partial charge in [-0.05, 0) is 37.2 Å². The zero-order chi connectivity index (χ0) is 20.3. The first-order valence-electron chi connectivity index (χ1n) is 10.3. The van der Waals surface area contributed by atoms with E-state index in [1.54, 1.807) is 12.1 Å². The number of nitrogens with one attached hydrogen (secondary N) is 2. The molecule has 154 valence electrons. The van der Waals surface area contributed by atoms with Gasteiger partial charge in [0.2, 0.25) is 5.91 Å². The van der Waals surface area contributed by atoms with Crippen LogP contribution in [0.2, 0.25) is 0 Å². The summed E-state index contributed by atoms with van der Waals surface area (Å²) in [6.45, 7) is 6.19. The summed E-state index contributed by atoms with van der Waals surface area (Å²) in [6, 6.07) is 19.6. The number of rotatable bonds is 9. The molecule has 0 spiro atoms. The summed E-state index contributed by atoms with van der Waals surface area (Å²) >= 11 is 0. The lowest BCUT2D eigenvalue weighted by Crippen LogP contribution is -2.47. The van der Waals surface area contributed by atoms with Crippen molar-refractivity contribution < 1.29 is 9.59 Å². The van der Waals surface area contributed by atoms with Crippen LogP contribution in [-0.2, 0) is 4.79 Å². The number of anilines is 1. The van der Waals surface area contributed by atoms with Crippen molar-refractivity contribution in [3.05, 3.63) is 66.2 Å². The van der Waals surface area contributed by atoms with Gasteiger partial charge < -0.3 is 15.5 Å². The van der Waals surface area contributed by atoms with E-state index in [0.717, 1.165) is 39.1 Å². The van der Waals surface area contributed by atoms with E-state index >= 15 is 0 Å². The van der Waals surface area contributed by atoms with E-state index < -0.39 is 0 Å². The highest BCUT2D eigenvalue weighted by Gasteiger charge is 2.16. The SMILES string of the molecule is O=C(CCNC(=O)c1ccccc1)NCCCN1CCN(c2ccccc2)CC1. The van der Waals surface area contributed by atoms with Crippen LogP contribution in [0.3, 0.4) is 0 Å². The number of benzene rings is 2. The number of nitrogens with zero attached hydrogens (tertiary/aromatic N) is 2. The van der Waals surface area contributed by atoms with Crippen molar-refractivity contribution in [3.63, 3.8) is 0 Å². The van der Waals surface area contributed by atoms with E-state index in [0.29, 0.717) is 25.1 Å². The Balaban J connectivity index is 1.23. The molecule has 0 aromatic heterocycles. The minimum absolute atomic E-state index is 0.0211. The Morgan fingerprint density at radius 1 is 0.793 bits per heavy atom. The number of hydrogen-bond donors (Lipinski definition) is 2. The van der Waals surface area contributed by atoms with Crippen LogP contribution in [0.25, 0.3) is 0 Å². The van der Waals surface area contributed by atoms with Gasteiger partial charge in [-0.1, -0.05) is 36.4 Å². The lowest BCUT2D eigenvalue weighted by atomic mass is 10.2. The summed E-state index contributed by atoms with van der Waals surface area (Å²) < 4.78 is 0. The fourth-order valence-corrected chi connectivity index (χ4v) is 3.47. The van der Waals surface area contributed by atoms with Crippen molar-refractivity contribution in [2.24, 2.45) is 0 Å². The molecule has 2 aromatic rings. The van der Waals surface area contributed by atoms with E-state index in [9.17, 15) is 9.59 Å². The van der Waals surface area contributed by atoms with Crippen molar-refractivity contribution in [3.8, 4) is 0 Å². The first kappa shape index (κ1) is 20.9. The number of para-hydroxylation sites is 1. The summed E-state index contributed by atoms with van der Waals surface area (Å²) in [4.78, 5) is 28.7. The molecule has 0 saturated carbocycles. The first-order valence-corrected chi connectivity index (χ1v) is 10.3. The second-order valence-electron chi connectivity index (χ2n) is 7.24. The molecule has 1 saturated heterocycles. The summed E-state index contributed by atoms with van der Waals surface area (Å²) in [5.74, 6) is -0.166. The van der Waals surface area contributed by atoms with Crippen molar-refractivity contribution >= 4 is 17.5 Å². The lowest BCUT2D eigenvalue weighted by molar-refractivity contribution is -0.120. The molecule has 3 rings (SSSR count). The normalized spacial score (nSPS) is 14.4. The summed E-state index contributed by atoms with van der Waals surface area (Å²) in [5, 5.41) is 5.72. The molecule has 0 atom stereocenters. The highest BCUT2D eigenvalue weighted by molar-refractivity contribution is 5.94. The Labute approximate surface area is 172 Å². The summed E-state index contributed by atoms with van der Waals surface area (Å²) in [7, 11) is 0. The predicted octanol–water partition coefficient (Wildman–Crippen LogP) is 2.13. The smallest absolute Gasteiger partial charge is 0.251 e. The largest absolute Gasteiger partial charge is 0.369 e. The van der Waals surface area contributed by atoms with Gasteiger partial charge in [-0.15, -0.1) is 0 Å². The third-order valence-electron chi connectivity index (χ3n) is 5.14. The Kier molecular flexibility index (Phi) is 8.07. The van der Waals surface area contributed by atoms with Crippen molar-refractivity contribution in [2.75, 3.05) is 50.7 Å². The molecule has 0 radical (unpaired) electrons. The van der Waals surface area contributed by atoms with Crippen LogP contribution >= 0.6 is 0 Å². The zero-order valence-electron chi connectivity index (χ0n) is 16.8. The van der Waals surface area contributed by atoms with Gasteiger partial charge >= 0.3 is 0 Å². The van der Waals surface area contributed by atoms with E-state index in [-0.39, 0.29) is 11.8 Å². The van der Waals surface area contributed by atoms with E-state index in [1.807, 2.05) is 24.3 Å². The maximum absolute atomic E-state index is 11.9. The number of hydrogen-bond acceptors (Lipinski definition) is 4. The molecular formula is C23H30N4O2. The maximum atomic E-state index is 11.9. The zero-order valence-corrected chi connectivity index (χ0v) is 16.8. The van der Waals surface area contributed by atoms with E-state index in [4.69, 9.17) is 0 Å². The highest BCUT2D eigenvalue weighted by Crippen LogP contribution is 2.15. The van der Waals surface area contributed by atoms with Crippen LogP contribution in [0.1, 0.15) is 23.2 Å². The standard InChI is InChI=1S/C23H30N4O2/c28-22(12-14-25-23(29)20-8-3-1-4-9-20)24-13-7-15-26-16-18-27(19-17-26)21-10-5-2-6-11-21/h1-6,8-11H,7,12-19H2,(H,24,28)(H,25,29). The molecule has 1 fully saturated rings. The third-order valence-corrected chi connectivity index (χ3v) is 5.14. The van der Waals surface area contributed by atoms with Crippen LogP contribution in [-0.4, -0.2) is 62.5 Å². The van der Waals surface area contributed by atoms with Gasteiger partial charge in [0.25, 0.3) is 5.91 Å². The minimum Gasteiger partial charge on any atom is -0.369 e. The van der Waals surface area contributed by atoms with E-state index in [1.165, 1.54) is 5.69 Å². The molecule has 2 aromatic carbocycles. The minimum atomic E-state index is -0.145. The molecule has 1 aliphatic heterocycles. The Hall–Kier alpha value is -2.86. The maximum Gasteiger partial charge on any atom is 0.251 e. The van der Waals surface area contributed by atoms with Crippen LogP contribution in [0.5, 0.6) is 0 Å². The molecular weight excluding hydrogens is 364 g/mol. The monoisotopic (exact) mass is 394 g/mol. The molecule has 29 heavy (non-hydrogen) atoms. The average Bonchev–Trinajstić information content (AvgIpc) is 2.78. The number of carbonyl (C=O) groups is 2. The molecule has 0 bridgehead atoms. The third kappa shape index (κ3) is 6.91. The van der Waals surface area contributed by atoms with Gasteiger partial charge in [0.05, 0.1) is 0 Å². The van der Waals surface area contributed by atoms with Gasteiger partial charge in [-0.25, -0.2) is 0 Å². The number of amides is 2.